The maximum Gasteiger partial charge on any atom is 0.335 e. The number of urea groups is 1. The van der Waals surface area contributed by atoms with E-state index in [1.54, 1.807) is 31.1 Å². The van der Waals surface area contributed by atoms with Crippen molar-refractivity contribution in [3.63, 3.8) is 0 Å². The van der Waals surface area contributed by atoms with Crippen molar-refractivity contribution in [2.24, 2.45) is 0 Å². The van der Waals surface area contributed by atoms with Crippen molar-refractivity contribution >= 4 is 17.7 Å². The van der Waals surface area contributed by atoms with Gasteiger partial charge in [-0.25, -0.2) is 9.59 Å². The van der Waals surface area contributed by atoms with Gasteiger partial charge in [0.05, 0.1) is 12.2 Å². The number of amides is 2. The van der Waals surface area contributed by atoms with Crippen LogP contribution in [0.1, 0.15) is 28.8 Å². The fraction of sp³-hybridized carbons (Fsp3) is 0.467. The lowest BCUT2D eigenvalue weighted by Gasteiger charge is -2.23. The molecule has 1 aromatic carbocycles. The number of ether oxygens (including phenoxy) is 1. The van der Waals surface area contributed by atoms with E-state index in [-0.39, 0.29) is 11.6 Å². The first-order valence-electron chi connectivity index (χ1n) is 6.93. The smallest absolute Gasteiger partial charge is 0.335 e. The number of nitrogens with one attached hydrogen (secondary N) is 1. The van der Waals surface area contributed by atoms with Crippen molar-refractivity contribution in [1.29, 1.82) is 0 Å². The molecule has 0 unspecified atom stereocenters. The number of aryl methyl sites for hydroxylation is 1. The second-order valence-electron chi connectivity index (χ2n) is 5.18. The summed E-state index contributed by atoms with van der Waals surface area (Å²) in [4.78, 5) is 25.0. The van der Waals surface area contributed by atoms with Crippen LogP contribution in [0.5, 0.6) is 0 Å². The van der Waals surface area contributed by atoms with Crippen molar-refractivity contribution in [2.45, 2.75) is 25.8 Å². The van der Waals surface area contributed by atoms with E-state index in [0.29, 0.717) is 24.9 Å². The molecule has 2 rings (SSSR count). The van der Waals surface area contributed by atoms with Gasteiger partial charge < -0.3 is 20.1 Å². The average molecular weight is 292 g/mol. The molecule has 2 amide bonds. The van der Waals surface area contributed by atoms with E-state index in [9.17, 15) is 9.59 Å². The van der Waals surface area contributed by atoms with E-state index in [0.717, 1.165) is 18.4 Å². The van der Waals surface area contributed by atoms with Gasteiger partial charge in [-0.3, -0.25) is 0 Å². The fourth-order valence-corrected chi connectivity index (χ4v) is 2.15. The molecule has 1 saturated carbocycles. The van der Waals surface area contributed by atoms with E-state index < -0.39 is 5.97 Å². The first-order valence-corrected chi connectivity index (χ1v) is 6.93. The van der Waals surface area contributed by atoms with Gasteiger partial charge in [0.15, 0.2) is 0 Å². The number of benzene rings is 1. The van der Waals surface area contributed by atoms with Crippen molar-refractivity contribution in [1.82, 2.24) is 4.90 Å². The zero-order valence-corrected chi connectivity index (χ0v) is 12.3. The Kier molecular flexibility index (Phi) is 4.80. The van der Waals surface area contributed by atoms with Gasteiger partial charge in [-0.1, -0.05) is 0 Å². The quantitative estimate of drug-likeness (QED) is 0.843. The monoisotopic (exact) mass is 292 g/mol. The number of hydrogen-bond acceptors (Lipinski definition) is 3. The molecule has 1 aliphatic rings. The summed E-state index contributed by atoms with van der Waals surface area (Å²) in [7, 11) is 1.61. The Morgan fingerprint density at radius 3 is 2.67 bits per heavy atom. The van der Waals surface area contributed by atoms with Crippen LogP contribution in [-0.4, -0.2) is 48.3 Å². The van der Waals surface area contributed by atoms with Crippen LogP contribution >= 0.6 is 0 Å². The number of nitrogens with zero attached hydrogens (tertiary/aromatic N) is 1. The summed E-state index contributed by atoms with van der Waals surface area (Å²) in [5.41, 5.74) is 1.57. The zero-order valence-electron chi connectivity index (χ0n) is 12.3. The third-order valence-electron chi connectivity index (χ3n) is 3.50. The highest BCUT2D eigenvalue weighted by atomic mass is 16.5. The highest BCUT2D eigenvalue weighted by Gasteiger charge is 2.32. The van der Waals surface area contributed by atoms with Crippen LogP contribution in [0.25, 0.3) is 0 Å². The number of carboxylic acid groups (broad SMARTS) is 1. The van der Waals surface area contributed by atoms with Crippen molar-refractivity contribution in [3.8, 4) is 0 Å². The summed E-state index contributed by atoms with van der Waals surface area (Å²) >= 11 is 0. The van der Waals surface area contributed by atoms with Crippen LogP contribution < -0.4 is 5.32 Å². The van der Waals surface area contributed by atoms with Crippen LogP contribution in [0, 0.1) is 6.92 Å². The summed E-state index contributed by atoms with van der Waals surface area (Å²) < 4.78 is 5.03. The summed E-state index contributed by atoms with van der Waals surface area (Å²) in [6, 6.07) is 4.79. The van der Waals surface area contributed by atoms with Crippen molar-refractivity contribution in [2.75, 3.05) is 25.6 Å². The number of anilines is 1. The highest BCUT2D eigenvalue weighted by Crippen LogP contribution is 2.27. The normalized spacial score (nSPS) is 13.8. The van der Waals surface area contributed by atoms with Crippen LogP contribution in [-0.2, 0) is 4.74 Å². The molecular weight excluding hydrogens is 272 g/mol. The van der Waals surface area contributed by atoms with Gasteiger partial charge in [-0.15, -0.1) is 0 Å². The third-order valence-corrected chi connectivity index (χ3v) is 3.50. The Hall–Kier alpha value is -2.08. The largest absolute Gasteiger partial charge is 0.478 e. The summed E-state index contributed by atoms with van der Waals surface area (Å²) in [6.07, 6.45) is 2.04. The second-order valence-corrected chi connectivity index (χ2v) is 5.18. The average Bonchev–Trinajstić information content (AvgIpc) is 3.26. The molecule has 6 heteroatoms. The van der Waals surface area contributed by atoms with Gasteiger partial charge in [0.1, 0.15) is 0 Å². The van der Waals surface area contributed by atoms with E-state index in [4.69, 9.17) is 9.84 Å². The minimum absolute atomic E-state index is 0.166. The molecule has 2 N–H and O–H groups in total. The lowest BCUT2D eigenvalue weighted by molar-refractivity contribution is 0.0697. The molecule has 0 saturated heterocycles. The lowest BCUT2D eigenvalue weighted by Crippen LogP contribution is -2.39. The van der Waals surface area contributed by atoms with E-state index in [1.165, 1.54) is 6.07 Å². The third kappa shape index (κ3) is 3.95. The molecule has 0 aliphatic heterocycles. The Morgan fingerprint density at radius 1 is 1.43 bits per heavy atom. The molecule has 1 fully saturated rings. The highest BCUT2D eigenvalue weighted by molar-refractivity contribution is 5.93. The minimum atomic E-state index is -0.976. The molecule has 0 bridgehead atoms. The summed E-state index contributed by atoms with van der Waals surface area (Å²) in [5, 5.41) is 11.8. The zero-order chi connectivity index (χ0) is 15.4. The van der Waals surface area contributed by atoms with Crippen LogP contribution in [0.15, 0.2) is 18.2 Å². The number of carbonyl (C=O) groups excluding carboxylic acids is 1. The molecule has 0 radical (unpaired) electrons. The molecule has 21 heavy (non-hydrogen) atoms. The summed E-state index contributed by atoms with van der Waals surface area (Å²) in [6.45, 7) is 2.83. The topological polar surface area (TPSA) is 78.9 Å². The van der Waals surface area contributed by atoms with Gasteiger partial charge in [0.2, 0.25) is 0 Å². The number of methoxy groups -OCH3 is 1. The molecule has 0 aromatic heterocycles. The Labute approximate surface area is 123 Å². The van der Waals surface area contributed by atoms with Crippen LogP contribution in [0.3, 0.4) is 0 Å². The number of rotatable bonds is 6. The molecule has 114 valence electrons. The van der Waals surface area contributed by atoms with Gasteiger partial charge in [-0.2, -0.15) is 0 Å². The molecule has 0 spiro atoms. The van der Waals surface area contributed by atoms with Crippen molar-refractivity contribution in [3.05, 3.63) is 29.3 Å². The molecule has 0 heterocycles. The summed E-state index contributed by atoms with van der Waals surface area (Å²) in [5.74, 6) is -0.976. The SMILES string of the molecule is COCCN(C(=O)Nc1ccc(C(=O)O)cc1C)C1CC1. The second kappa shape index (κ2) is 6.58. The molecular formula is C15H20N2O4. The molecule has 1 aliphatic carbocycles. The predicted octanol–water partition coefficient (Wildman–Crippen LogP) is 2.34. The number of carboxylic acids is 1. The number of carbonyl (C=O) groups is 2. The Balaban J connectivity index is 2.05. The van der Waals surface area contributed by atoms with Crippen LogP contribution in [0.4, 0.5) is 10.5 Å². The van der Waals surface area contributed by atoms with Gasteiger partial charge in [0.25, 0.3) is 0 Å². The standard InChI is InChI=1S/C15H20N2O4/c1-10-9-11(14(18)19)3-6-13(10)16-15(20)17(7-8-21-2)12-4-5-12/h3,6,9,12H,4-5,7-8H2,1-2H3,(H,16,20)(H,18,19). The number of aromatic carboxylic acids is 1. The fourth-order valence-electron chi connectivity index (χ4n) is 2.15. The minimum Gasteiger partial charge on any atom is -0.478 e. The Bertz CT molecular complexity index is 540. The molecule has 0 atom stereocenters. The van der Waals surface area contributed by atoms with Crippen molar-refractivity contribution < 1.29 is 19.4 Å². The van der Waals surface area contributed by atoms with E-state index in [1.807, 2.05) is 0 Å². The first kappa shape index (κ1) is 15.3. The lowest BCUT2D eigenvalue weighted by atomic mass is 10.1. The van der Waals surface area contributed by atoms with Gasteiger partial charge >= 0.3 is 12.0 Å². The first-order chi connectivity index (χ1) is 10.0. The molecule has 6 nitrogen and oxygen atoms in total. The maximum absolute atomic E-state index is 12.3. The predicted molar refractivity (Wildman–Crippen MR) is 78.8 cm³/mol. The van der Waals surface area contributed by atoms with Crippen LogP contribution in [0.2, 0.25) is 0 Å². The van der Waals surface area contributed by atoms with E-state index >= 15 is 0 Å². The Morgan fingerprint density at radius 2 is 2.14 bits per heavy atom. The van der Waals surface area contributed by atoms with Gasteiger partial charge in [0, 0.05) is 25.4 Å². The van der Waals surface area contributed by atoms with Gasteiger partial charge in [-0.05, 0) is 43.5 Å². The van der Waals surface area contributed by atoms with E-state index in [2.05, 4.69) is 5.32 Å². The number of hydrogen-bond donors (Lipinski definition) is 2. The molecule has 1 aromatic rings. The maximum atomic E-state index is 12.3.